The van der Waals surface area contributed by atoms with Gasteiger partial charge in [0, 0.05) is 12.7 Å². The number of nitrogens with one attached hydrogen (secondary N) is 1. The third kappa shape index (κ3) is 3.42. The molecule has 1 saturated carbocycles. The molecule has 5 nitrogen and oxygen atoms in total. The number of anilines is 1. The molecule has 1 aromatic heterocycles. The summed E-state index contributed by atoms with van der Waals surface area (Å²) in [4.78, 5) is 12.0. The van der Waals surface area contributed by atoms with Gasteiger partial charge in [0.05, 0.1) is 11.4 Å². The van der Waals surface area contributed by atoms with Crippen molar-refractivity contribution in [3.8, 4) is 5.69 Å². The number of rotatable bonds is 6. The fraction of sp³-hybridized carbons (Fsp3) is 0.375. The fourth-order valence-electron chi connectivity index (χ4n) is 2.37. The van der Waals surface area contributed by atoms with Gasteiger partial charge >= 0.3 is 0 Å². The van der Waals surface area contributed by atoms with Crippen molar-refractivity contribution in [3.05, 3.63) is 42.2 Å². The normalized spacial score (nSPS) is 14.1. The number of carbonyl (C=O) groups is 1. The Labute approximate surface area is 124 Å². The Morgan fingerprint density at radius 3 is 2.90 bits per heavy atom. The first-order chi connectivity index (χ1) is 10.2. The van der Waals surface area contributed by atoms with Crippen molar-refractivity contribution >= 4 is 11.6 Å². The van der Waals surface area contributed by atoms with Crippen LogP contribution >= 0.6 is 0 Å². The first-order valence-corrected chi connectivity index (χ1v) is 7.43. The molecule has 0 saturated heterocycles. The van der Waals surface area contributed by atoms with Crippen LogP contribution in [0.4, 0.5) is 5.69 Å². The summed E-state index contributed by atoms with van der Waals surface area (Å²) >= 11 is 0. The third-order valence-corrected chi connectivity index (χ3v) is 3.78. The van der Waals surface area contributed by atoms with E-state index in [2.05, 4.69) is 10.4 Å². The maximum atomic E-state index is 12.0. The van der Waals surface area contributed by atoms with Crippen LogP contribution in [0.2, 0.25) is 0 Å². The van der Waals surface area contributed by atoms with Crippen molar-refractivity contribution in [2.45, 2.75) is 25.7 Å². The van der Waals surface area contributed by atoms with Gasteiger partial charge in [-0.05, 0) is 37.0 Å². The fourth-order valence-corrected chi connectivity index (χ4v) is 2.37. The van der Waals surface area contributed by atoms with Crippen LogP contribution in [0.3, 0.4) is 0 Å². The predicted octanol–water partition coefficient (Wildman–Crippen LogP) is 2.37. The SMILES string of the molecule is Nc1ccccc1-n1ccc(C(=O)NCCCC2CC2)n1. The highest BCUT2D eigenvalue weighted by Gasteiger charge is 2.20. The maximum absolute atomic E-state index is 12.0. The molecule has 2 aromatic rings. The first-order valence-electron chi connectivity index (χ1n) is 7.43. The van der Waals surface area contributed by atoms with E-state index < -0.39 is 0 Å². The van der Waals surface area contributed by atoms with Crippen LogP contribution in [-0.2, 0) is 0 Å². The molecule has 3 rings (SSSR count). The van der Waals surface area contributed by atoms with Crippen LogP contribution in [0.15, 0.2) is 36.5 Å². The minimum absolute atomic E-state index is 0.126. The van der Waals surface area contributed by atoms with Crippen molar-refractivity contribution in [1.82, 2.24) is 15.1 Å². The molecule has 1 amide bonds. The molecule has 1 aromatic carbocycles. The van der Waals surface area contributed by atoms with E-state index in [1.165, 1.54) is 19.3 Å². The summed E-state index contributed by atoms with van der Waals surface area (Å²) in [5.74, 6) is 0.779. The largest absolute Gasteiger partial charge is 0.397 e. The third-order valence-electron chi connectivity index (χ3n) is 3.78. The molecule has 0 atom stereocenters. The molecule has 1 aliphatic carbocycles. The van der Waals surface area contributed by atoms with E-state index in [4.69, 9.17) is 5.73 Å². The van der Waals surface area contributed by atoms with Crippen molar-refractivity contribution in [2.24, 2.45) is 5.92 Å². The molecule has 3 N–H and O–H groups in total. The van der Waals surface area contributed by atoms with E-state index in [0.29, 0.717) is 11.4 Å². The number of hydrogen-bond donors (Lipinski definition) is 2. The summed E-state index contributed by atoms with van der Waals surface area (Å²) < 4.78 is 1.63. The minimum atomic E-state index is -0.126. The number of aromatic nitrogens is 2. The van der Waals surface area contributed by atoms with Crippen molar-refractivity contribution in [3.63, 3.8) is 0 Å². The van der Waals surface area contributed by atoms with E-state index in [-0.39, 0.29) is 5.91 Å². The van der Waals surface area contributed by atoms with Crippen molar-refractivity contribution in [2.75, 3.05) is 12.3 Å². The Balaban J connectivity index is 1.58. The standard InChI is InChI=1S/C16H20N4O/c17-13-5-1-2-6-15(13)20-11-9-14(19-20)16(21)18-10-3-4-12-7-8-12/h1-2,5-6,9,11-12H,3-4,7-8,10,17H2,(H,18,21). The zero-order valence-corrected chi connectivity index (χ0v) is 12.0. The smallest absolute Gasteiger partial charge is 0.271 e. The number of nitrogens with two attached hydrogens (primary N) is 1. The number of benzene rings is 1. The van der Waals surface area contributed by atoms with Crippen LogP contribution in [0.5, 0.6) is 0 Å². The molecular weight excluding hydrogens is 264 g/mol. The number of nitrogens with zero attached hydrogens (tertiary/aromatic N) is 2. The molecule has 0 aliphatic heterocycles. The zero-order valence-electron chi connectivity index (χ0n) is 12.0. The number of carbonyl (C=O) groups excluding carboxylic acids is 1. The highest BCUT2D eigenvalue weighted by Crippen LogP contribution is 2.33. The van der Waals surface area contributed by atoms with Gasteiger partial charge in [0.1, 0.15) is 0 Å². The Morgan fingerprint density at radius 2 is 2.14 bits per heavy atom. The van der Waals surface area contributed by atoms with Gasteiger partial charge in [-0.2, -0.15) is 5.10 Å². The van der Waals surface area contributed by atoms with Gasteiger partial charge in [-0.3, -0.25) is 4.79 Å². The average molecular weight is 284 g/mol. The van der Waals surface area contributed by atoms with Crippen molar-refractivity contribution < 1.29 is 4.79 Å². The Kier molecular flexibility index (Phi) is 3.90. The van der Waals surface area contributed by atoms with E-state index in [1.54, 1.807) is 16.9 Å². The molecule has 0 bridgehead atoms. The quantitative estimate of drug-likeness (QED) is 0.632. The number of nitrogen functional groups attached to an aromatic ring is 1. The summed E-state index contributed by atoms with van der Waals surface area (Å²) in [5.41, 5.74) is 7.75. The van der Waals surface area contributed by atoms with Crippen LogP contribution < -0.4 is 11.1 Å². The Morgan fingerprint density at radius 1 is 1.33 bits per heavy atom. The van der Waals surface area contributed by atoms with Gasteiger partial charge in [-0.25, -0.2) is 4.68 Å². The second-order valence-corrected chi connectivity index (χ2v) is 5.55. The lowest BCUT2D eigenvalue weighted by molar-refractivity contribution is 0.0947. The highest BCUT2D eigenvalue weighted by molar-refractivity contribution is 5.92. The molecule has 0 radical (unpaired) electrons. The summed E-state index contributed by atoms with van der Waals surface area (Å²) in [5, 5.41) is 7.21. The van der Waals surface area contributed by atoms with Gasteiger partial charge in [0.25, 0.3) is 5.91 Å². The molecule has 1 heterocycles. The summed E-state index contributed by atoms with van der Waals surface area (Å²) in [7, 11) is 0. The number of hydrogen-bond acceptors (Lipinski definition) is 3. The molecular formula is C16H20N4O. The predicted molar refractivity (Wildman–Crippen MR) is 82.3 cm³/mol. The topological polar surface area (TPSA) is 72.9 Å². The van der Waals surface area contributed by atoms with Crippen LogP contribution in [0.1, 0.15) is 36.2 Å². The number of para-hydroxylation sites is 2. The Bertz CT molecular complexity index is 631. The lowest BCUT2D eigenvalue weighted by Crippen LogP contribution is -2.25. The second-order valence-electron chi connectivity index (χ2n) is 5.55. The monoisotopic (exact) mass is 284 g/mol. The van der Waals surface area contributed by atoms with Crippen molar-refractivity contribution in [1.29, 1.82) is 0 Å². The lowest BCUT2D eigenvalue weighted by Gasteiger charge is -2.05. The Hall–Kier alpha value is -2.30. The summed E-state index contributed by atoms with van der Waals surface area (Å²) in [6, 6.07) is 9.16. The molecule has 1 fully saturated rings. The highest BCUT2D eigenvalue weighted by atomic mass is 16.1. The van der Waals surface area contributed by atoms with E-state index in [1.807, 2.05) is 24.3 Å². The van der Waals surface area contributed by atoms with Gasteiger partial charge in [-0.15, -0.1) is 0 Å². The summed E-state index contributed by atoms with van der Waals surface area (Å²) in [6.45, 7) is 0.718. The van der Waals surface area contributed by atoms with Gasteiger partial charge < -0.3 is 11.1 Å². The number of amides is 1. The van der Waals surface area contributed by atoms with Crippen LogP contribution in [0, 0.1) is 5.92 Å². The van der Waals surface area contributed by atoms with Gasteiger partial charge in [0.15, 0.2) is 5.69 Å². The van der Waals surface area contributed by atoms with Crippen LogP contribution in [-0.4, -0.2) is 22.2 Å². The first kappa shape index (κ1) is 13.7. The maximum Gasteiger partial charge on any atom is 0.271 e. The zero-order chi connectivity index (χ0) is 14.7. The van der Waals surface area contributed by atoms with E-state index in [0.717, 1.165) is 24.6 Å². The molecule has 0 spiro atoms. The van der Waals surface area contributed by atoms with Gasteiger partial charge in [0.2, 0.25) is 0 Å². The molecule has 21 heavy (non-hydrogen) atoms. The van der Waals surface area contributed by atoms with E-state index >= 15 is 0 Å². The molecule has 110 valence electrons. The molecule has 5 heteroatoms. The second kappa shape index (κ2) is 5.99. The lowest BCUT2D eigenvalue weighted by atomic mass is 10.2. The van der Waals surface area contributed by atoms with Gasteiger partial charge in [-0.1, -0.05) is 25.0 Å². The minimum Gasteiger partial charge on any atom is -0.397 e. The summed E-state index contributed by atoms with van der Waals surface area (Å²) in [6.07, 6.45) is 6.73. The van der Waals surface area contributed by atoms with E-state index in [9.17, 15) is 4.79 Å². The van der Waals surface area contributed by atoms with Crippen LogP contribution in [0.25, 0.3) is 5.69 Å². The molecule has 0 unspecified atom stereocenters. The average Bonchev–Trinajstić information content (AvgIpc) is 3.18. The molecule has 1 aliphatic rings.